The molecule has 1 aromatic heterocycles. The van der Waals surface area contributed by atoms with Crippen LogP contribution in [0.5, 0.6) is 5.75 Å². The van der Waals surface area contributed by atoms with Gasteiger partial charge in [-0.1, -0.05) is 35.5 Å². The van der Waals surface area contributed by atoms with Crippen molar-refractivity contribution in [3.8, 4) is 17.2 Å². The van der Waals surface area contributed by atoms with Gasteiger partial charge < -0.3 is 19.3 Å². The van der Waals surface area contributed by atoms with Gasteiger partial charge in [-0.15, -0.1) is 0 Å². The van der Waals surface area contributed by atoms with Crippen molar-refractivity contribution >= 4 is 5.97 Å². The van der Waals surface area contributed by atoms with E-state index in [0.717, 1.165) is 29.8 Å². The molecule has 150 valence electrons. The van der Waals surface area contributed by atoms with Crippen LogP contribution in [0.15, 0.2) is 59.1 Å². The number of carbonyl (C=O) groups excluding carboxylic acids is 1. The fraction of sp³-hybridized carbons (Fsp3) is 0.318. The Morgan fingerprint density at radius 2 is 2.03 bits per heavy atom. The molecule has 7 nitrogen and oxygen atoms in total. The average molecular weight is 393 g/mol. The molecule has 7 heteroatoms. The summed E-state index contributed by atoms with van der Waals surface area (Å²) in [6.07, 6.45) is 0.782. The minimum Gasteiger partial charge on any atom is -0.485 e. The molecule has 0 aliphatic carbocycles. The highest BCUT2D eigenvalue weighted by Gasteiger charge is 2.33. The summed E-state index contributed by atoms with van der Waals surface area (Å²) >= 11 is 0. The smallest absolute Gasteiger partial charge is 0.310 e. The fourth-order valence-corrected chi connectivity index (χ4v) is 3.60. The van der Waals surface area contributed by atoms with Crippen LogP contribution in [0.25, 0.3) is 11.5 Å². The monoisotopic (exact) mass is 393 g/mol. The van der Waals surface area contributed by atoms with Crippen molar-refractivity contribution in [1.82, 2.24) is 15.5 Å². The van der Waals surface area contributed by atoms with Crippen LogP contribution >= 0.6 is 0 Å². The SMILES string of the molecule is COC(=O)[C@H]1CNC[C@H]1Cc1cccc(OCc2noc(-c3ccccc3)n2)c1. The summed E-state index contributed by atoms with van der Waals surface area (Å²) in [6.45, 7) is 1.68. The summed E-state index contributed by atoms with van der Waals surface area (Å²) in [4.78, 5) is 16.3. The normalized spacial score (nSPS) is 18.5. The Morgan fingerprint density at radius 3 is 2.86 bits per heavy atom. The number of nitrogens with one attached hydrogen (secondary N) is 1. The van der Waals surface area contributed by atoms with Gasteiger partial charge in [0.1, 0.15) is 5.75 Å². The zero-order valence-corrected chi connectivity index (χ0v) is 16.2. The van der Waals surface area contributed by atoms with Crippen molar-refractivity contribution in [2.24, 2.45) is 11.8 Å². The summed E-state index contributed by atoms with van der Waals surface area (Å²) in [7, 11) is 1.44. The van der Waals surface area contributed by atoms with Crippen molar-refractivity contribution in [3.05, 3.63) is 66.0 Å². The maximum absolute atomic E-state index is 11.9. The van der Waals surface area contributed by atoms with Gasteiger partial charge in [0.15, 0.2) is 6.61 Å². The molecule has 0 unspecified atom stereocenters. The summed E-state index contributed by atoms with van der Waals surface area (Å²) in [5.74, 6) is 1.64. The second-order valence-corrected chi connectivity index (χ2v) is 7.07. The second kappa shape index (κ2) is 8.87. The Morgan fingerprint density at radius 1 is 1.17 bits per heavy atom. The molecule has 0 saturated carbocycles. The predicted molar refractivity (Wildman–Crippen MR) is 106 cm³/mol. The molecule has 1 saturated heterocycles. The summed E-state index contributed by atoms with van der Waals surface area (Å²) in [6, 6.07) is 17.5. The topological polar surface area (TPSA) is 86.5 Å². The number of hydrogen-bond acceptors (Lipinski definition) is 7. The number of rotatable bonds is 7. The first-order valence-electron chi connectivity index (χ1n) is 9.61. The Balaban J connectivity index is 1.37. The highest BCUT2D eigenvalue weighted by Crippen LogP contribution is 2.25. The molecule has 0 bridgehead atoms. The first-order valence-corrected chi connectivity index (χ1v) is 9.61. The lowest BCUT2D eigenvalue weighted by Gasteiger charge is -2.16. The van der Waals surface area contributed by atoms with E-state index in [1.807, 2.05) is 54.6 Å². The van der Waals surface area contributed by atoms with Crippen LogP contribution in [0.4, 0.5) is 0 Å². The highest BCUT2D eigenvalue weighted by molar-refractivity contribution is 5.73. The Kier molecular flexibility index (Phi) is 5.86. The van der Waals surface area contributed by atoms with Crippen molar-refractivity contribution in [3.63, 3.8) is 0 Å². The van der Waals surface area contributed by atoms with Gasteiger partial charge in [-0.2, -0.15) is 4.98 Å². The number of aromatic nitrogens is 2. The molecule has 1 aliphatic heterocycles. The van der Waals surface area contributed by atoms with E-state index >= 15 is 0 Å². The van der Waals surface area contributed by atoms with Crippen molar-refractivity contribution in [2.75, 3.05) is 20.2 Å². The van der Waals surface area contributed by atoms with Crippen LogP contribution in [0.3, 0.4) is 0 Å². The summed E-state index contributed by atoms with van der Waals surface area (Å²) < 4.78 is 16.1. The van der Waals surface area contributed by atoms with Gasteiger partial charge in [0.05, 0.1) is 13.0 Å². The van der Waals surface area contributed by atoms with E-state index in [9.17, 15) is 4.79 Å². The average Bonchev–Trinajstić information content (AvgIpc) is 3.42. The molecule has 0 spiro atoms. The molecular formula is C22H23N3O4. The van der Waals surface area contributed by atoms with Gasteiger partial charge >= 0.3 is 5.97 Å². The first-order chi connectivity index (χ1) is 14.2. The first kappa shape index (κ1) is 19.1. The largest absolute Gasteiger partial charge is 0.485 e. The Labute approximate surface area is 169 Å². The molecule has 1 N–H and O–H groups in total. The van der Waals surface area contributed by atoms with Crippen LogP contribution in [0, 0.1) is 11.8 Å². The number of methoxy groups -OCH3 is 1. The lowest BCUT2D eigenvalue weighted by Crippen LogP contribution is -2.25. The van der Waals surface area contributed by atoms with Crippen LogP contribution in [-0.4, -0.2) is 36.3 Å². The molecule has 2 heterocycles. The molecule has 1 fully saturated rings. The predicted octanol–water partition coefficient (Wildman–Crippen LogP) is 2.87. The third-order valence-electron chi connectivity index (χ3n) is 5.10. The van der Waals surface area contributed by atoms with Gasteiger partial charge in [-0.05, 0) is 48.7 Å². The van der Waals surface area contributed by atoms with Gasteiger partial charge in [0.25, 0.3) is 5.89 Å². The standard InChI is InChI=1S/C22H23N3O4/c1-27-22(26)19-13-23-12-17(19)10-15-6-5-9-18(11-15)28-14-20-24-21(29-25-20)16-7-3-2-4-8-16/h2-9,11,17,19,23H,10,12-14H2,1H3/t17-,19+/m1/s1. The maximum atomic E-state index is 11.9. The number of benzene rings is 2. The molecule has 29 heavy (non-hydrogen) atoms. The molecular weight excluding hydrogens is 370 g/mol. The van der Waals surface area contributed by atoms with Crippen LogP contribution < -0.4 is 10.1 Å². The van der Waals surface area contributed by atoms with Crippen molar-refractivity contribution < 1.29 is 18.8 Å². The van der Waals surface area contributed by atoms with E-state index in [-0.39, 0.29) is 24.4 Å². The maximum Gasteiger partial charge on any atom is 0.310 e. The lowest BCUT2D eigenvalue weighted by molar-refractivity contribution is -0.146. The van der Waals surface area contributed by atoms with Gasteiger partial charge in [-0.3, -0.25) is 4.79 Å². The van der Waals surface area contributed by atoms with Crippen molar-refractivity contribution in [1.29, 1.82) is 0 Å². The molecule has 1 aliphatic rings. The van der Waals surface area contributed by atoms with E-state index in [4.69, 9.17) is 14.0 Å². The number of ether oxygens (including phenoxy) is 2. The highest BCUT2D eigenvalue weighted by atomic mass is 16.5. The zero-order valence-electron chi connectivity index (χ0n) is 16.2. The van der Waals surface area contributed by atoms with Crippen LogP contribution in [-0.2, 0) is 22.6 Å². The molecule has 2 aromatic carbocycles. The third kappa shape index (κ3) is 4.63. The summed E-state index contributed by atoms with van der Waals surface area (Å²) in [5.41, 5.74) is 1.99. The second-order valence-electron chi connectivity index (χ2n) is 7.07. The van der Waals surface area contributed by atoms with E-state index in [1.165, 1.54) is 7.11 Å². The fourth-order valence-electron chi connectivity index (χ4n) is 3.60. The van der Waals surface area contributed by atoms with E-state index in [1.54, 1.807) is 0 Å². The quantitative estimate of drug-likeness (QED) is 0.618. The number of esters is 1. The Bertz CT molecular complexity index is 957. The molecule has 4 rings (SSSR count). The Hall–Kier alpha value is -3.19. The zero-order chi connectivity index (χ0) is 20.1. The van der Waals surface area contributed by atoms with E-state index in [2.05, 4.69) is 15.5 Å². The lowest BCUT2D eigenvalue weighted by atomic mass is 9.89. The molecule has 0 radical (unpaired) electrons. The minimum atomic E-state index is -0.154. The number of carbonyl (C=O) groups is 1. The molecule has 2 atom stereocenters. The van der Waals surface area contributed by atoms with Crippen molar-refractivity contribution in [2.45, 2.75) is 13.0 Å². The van der Waals surface area contributed by atoms with Gasteiger partial charge in [0, 0.05) is 12.1 Å². The number of hydrogen-bond donors (Lipinski definition) is 1. The minimum absolute atomic E-state index is 0.111. The van der Waals surface area contributed by atoms with Gasteiger partial charge in [0.2, 0.25) is 5.82 Å². The van der Waals surface area contributed by atoms with Crippen LogP contribution in [0.2, 0.25) is 0 Å². The van der Waals surface area contributed by atoms with Crippen LogP contribution in [0.1, 0.15) is 11.4 Å². The van der Waals surface area contributed by atoms with E-state index in [0.29, 0.717) is 18.3 Å². The molecule has 3 aromatic rings. The number of nitrogens with zero attached hydrogens (tertiary/aromatic N) is 2. The third-order valence-corrected chi connectivity index (χ3v) is 5.10. The van der Waals surface area contributed by atoms with E-state index < -0.39 is 0 Å². The molecule has 0 amide bonds. The van der Waals surface area contributed by atoms with Gasteiger partial charge in [-0.25, -0.2) is 0 Å². The summed E-state index contributed by atoms with van der Waals surface area (Å²) in [5, 5.41) is 7.26.